The number of nitrogens with one attached hydrogen (secondary N) is 1. The van der Waals surface area contributed by atoms with Crippen molar-refractivity contribution in [2.75, 3.05) is 32.1 Å². The molecule has 1 aliphatic heterocycles. The smallest absolute Gasteiger partial charge is 0.321 e. The second-order valence-electron chi connectivity index (χ2n) is 10.0. The standard InChI is InChI=1S/C29H36N4O5/c1-18-14-33(19(2)16-34)28(35)25-13-9-8-12-24(25)23-11-7-6-10-22(23)17-37-26(18)15-32(5)29(36)30-27-20(3)31-38-21(27)4/h6-13,18-19,26,34H,14-17H2,1-5H3,(H,30,36)/t18-,19+,26-/m1/s1. The van der Waals surface area contributed by atoms with Gasteiger partial charge in [-0.1, -0.05) is 54.5 Å². The zero-order valence-electron chi connectivity index (χ0n) is 22.6. The zero-order valence-corrected chi connectivity index (χ0v) is 22.6. The van der Waals surface area contributed by atoms with E-state index in [1.165, 1.54) is 0 Å². The zero-order chi connectivity index (χ0) is 27.4. The van der Waals surface area contributed by atoms with Crippen LogP contribution < -0.4 is 5.32 Å². The Labute approximate surface area is 223 Å². The van der Waals surface area contributed by atoms with E-state index >= 15 is 0 Å². The average molecular weight is 521 g/mol. The molecule has 1 aliphatic rings. The van der Waals surface area contributed by atoms with Crippen molar-refractivity contribution < 1.29 is 24.0 Å². The lowest BCUT2D eigenvalue weighted by Gasteiger charge is -2.35. The molecule has 0 saturated heterocycles. The van der Waals surface area contributed by atoms with E-state index in [0.717, 1.165) is 16.7 Å². The van der Waals surface area contributed by atoms with Crippen LogP contribution in [0.3, 0.4) is 0 Å². The number of urea groups is 1. The number of aryl methyl sites for hydroxylation is 2. The second-order valence-corrected chi connectivity index (χ2v) is 10.0. The molecule has 0 fully saturated rings. The Balaban J connectivity index is 1.66. The third kappa shape index (κ3) is 5.74. The van der Waals surface area contributed by atoms with Gasteiger partial charge >= 0.3 is 6.03 Å². The van der Waals surface area contributed by atoms with Crippen LogP contribution in [0, 0.1) is 19.8 Å². The number of benzene rings is 2. The molecule has 0 saturated carbocycles. The van der Waals surface area contributed by atoms with Gasteiger partial charge in [0.1, 0.15) is 11.4 Å². The fourth-order valence-corrected chi connectivity index (χ4v) is 4.77. The molecule has 1 aromatic heterocycles. The van der Waals surface area contributed by atoms with Crippen LogP contribution in [0.1, 0.15) is 41.2 Å². The van der Waals surface area contributed by atoms with E-state index < -0.39 is 6.04 Å². The van der Waals surface area contributed by atoms with Crippen LogP contribution in [0.4, 0.5) is 10.5 Å². The van der Waals surface area contributed by atoms with E-state index in [9.17, 15) is 14.7 Å². The molecule has 3 amide bonds. The van der Waals surface area contributed by atoms with Crippen LogP contribution >= 0.6 is 0 Å². The van der Waals surface area contributed by atoms with Gasteiger partial charge in [0.2, 0.25) is 0 Å². The maximum Gasteiger partial charge on any atom is 0.321 e. The summed E-state index contributed by atoms with van der Waals surface area (Å²) in [6.07, 6.45) is -0.383. The van der Waals surface area contributed by atoms with Crippen LogP contribution in [0.5, 0.6) is 0 Å². The summed E-state index contributed by atoms with van der Waals surface area (Å²) in [6.45, 7) is 8.16. The molecule has 202 valence electrons. The number of anilines is 1. The van der Waals surface area contributed by atoms with E-state index in [2.05, 4.69) is 10.5 Å². The van der Waals surface area contributed by atoms with Crippen molar-refractivity contribution in [3.63, 3.8) is 0 Å². The number of aliphatic hydroxyl groups is 1. The number of fused-ring (bicyclic) bond motifs is 3. The van der Waals surface area contributed by atoms with Gasteiger partial charge in [-0.25, -0.2) is 4.79 Å². The highest BCUT2D eigenvalue weighted by Crippen LogP contribution is 2.31. The minimum absolute atomic E-state index is 0.139. The number of aliphatic hydroxyl groups excluding tert-OH is 1. The quantitative estimate of drug-likeness (QED) is 0.514. The molecule has 0 aliphatic carbocycles. The fraction of sp³-hybridized carbons (Fsp3) is 0.414. The molecule has 2 N–H and O–H groups in total. The molecular weight excluding hydrogens is 484 g/mol. The number of ether oxygens (including phenoxy) is 1. The first-order chi connectivity index (χ1) is 18.2. The molecule has 0 spiro atoms. The molecule has 0 bridgehead atoms. The largest absolute Gasteiger partial charge is 0.394 e. The summed E-state index contributed by atoms with van der Waals surface area (Å²) in [5.74, 6) is 0.251. The van der Waals surface area contributed by atoms with E-state index in [4.69, 9.17) is 9.26 Å². The monoisotopic (exact) mass is 520 g/mol. The first kappa shape index (κ1) is 27.3. The normalized spacial score (nSPS) is 18.7. The third-order valence-corrected chi connectivity index (χ3v) is 7.16. The van der Waals surface area contributed by atoms with E-state index in [1.807, 2.05) is 62.4 Å². The van der Waals surface area contributed by atoms with Gasteiger partial charge in [-0.2, -0.15) is 0 Å². The number of nitrogens with zero attached hydrogens (tertiary/aromatic N) is 3. The predicted molar refractivity (Wildman–Crippen MR) is 145 cm³/mol. The summed E-state index contributed by atoms with van der Waals surface area (Å²) in [6, 6.07) is 14.7. The average Bonchev–Trinajstić information content (AvgIpc) is 3.24. The minimum atomic E-state index is -0.393. The Morgan fingerprint density at radius 3 is 2.47 bits per heavy atom. The molecule has 2 aromatic carbocycles. The number of hydrogen-bond donors (Lipinski definition) is 2. The van der Waals surface area contributed by atoms with Gasteiger partial charge in [0.25, 0.3) is 5.91 Å². The number of amides is 3. The van der Waals surface area contributed by atoms with Crippen molar-refractivity contribution in [3.8, 4) is 11.1 Å². The highest BCUT2D eigenvalue weighted by Gasteiger charge is 2.31. The van der Waals surface area contributed by atoms with Crippen molar-refractivity contribution in [1.29, 1.82) is 0 Å². The Hall–Kier alpha value is -3.69. The maximum atomic E-state index is 13.9. The molecule has 9 heteroatoms. The van der Waals surface area contributed by atoms with E-state index in [-0.39, 0.29) is 30.6 Å². The van der Waals surface area contributed by atoms with Gasteiger partial charge in [0.15, 0.2) is 5.76 Å². The lowest BCUT2D eigenvalue weighted by atomic mass is 9.94. The van der Waals surface area contributed by atoms with Crippen molar-refractivity contribution in [2.24, 2.45) is 5.92 Å². The van der Waals surface area contributed by atoms with Crippen LogP contribution in [-0.2, 0) is 11.3 Å². The first-order valence-electron chi connectivity index (χ1n) is 12.9. The lowest BCUT2D eigenvalue weighted by molar-refractivity contribution is -0.0178. The summed E-state index contributed by atoms with van der Waals surface area (Å²) in [4.78, 5) is 30.2. The minimum Gasteiger partial charge on any atom is -0.394 e. The molecular formula is C29H36N4O5. The molecule has 9 nitrogen and oxygen atoms in total. The van der Waals surface area contributed by atoms with Gasteiger partial charge < -0.3 is 29.5 Å². The first-order valence-corrected chi connectivity index (χ1v) is 12.9. The molecule has 3 atom stereocenters. The van der Waals surface area contributed by atoms with Crippen LogP contribution in [-0.4, -0.2) is 70.9 Å². The van der Waals surface area contributed by atoms with E-state index in [0.29, 0.717) is 42.4 Å². The SMILES string of the molecule is Cc1noc(C)c1NC(=O)N(C)C[C@H]1OCc2ccccc2-c2ccccc2C(=O)N([C@@H](C)CO)C[C@H]1C. The highest BCUT2D eigenvalue weighted by molar-refractivity contribution is 6.01. The summed E-state index contributed by atoms with van der Waals surface area (Å²) < 4.78 is 11.6. The Morgan fingerprint density at radius 2 is 1.82 bits per heavy atom. The van der Waals surface area contributed by atoms with Crippen molar-refractivity contribution in [1.82, 2.24) is 15.0 Å². The van der Waals surface area contributed by atoms with Crippen molar-refractivity contribution >= 4 is 17.6 Å². The van der Waals surface area contributed by atoms with Crippen LogP contribution in [0.15, 0.2) is 53.1 Å². The fourth-order valence-electron chi connectivity index (χ4n) is 4.77. The van der Waals surface area contributed by atoms with Gasteiger partial charge in [-0.05, 0) is 43.5 Å². The van der Waals surface area contributed by atoms with Crippen molar-refractivity contribution in [3.05, 3.63) is 71.1 Å². The molecule has 38 heavy (non-hydrogen) atoms. The maximum absolute atomic E-state index is 13.9. The predicted octanol–water partition coefficient (Wildman–Crippen LogP) is 4.48. The molecule has 3 aromatic rings. The summed E-state index contributed by atoms with van der Waals surface area (Å²) in [5, 5.41) is 16.8. The number of carbonyl (C=O) groups is 2. The number of carbonyl (C=O) groups excluding carboxylic acids is 2. The van der Waals surface area contributed by atoms with Crippen molar-refractivity contribution in [2.45, 2.75) is 46.4 Å². The Morgan fingerprint density at radius 1 is 1.16 bits per heavy atom. The summed E-state index contributed by atoms with van der Waals surface area (Å²) in [7, 11) is 1.71. The van der Waals surface area contributed by atoms with Gasteiger partial charge in [-0.3, -0.25) is 4.79 Å². The molecule has 0 unspecified atom stereocenters. The Bertz CT molecular complexity index is 1270. The van der Waals surface area contributed by atoms with E-state index in [1.54, 1.807) is 30.7 Å². The van der Waals surface area contributed by atoms with Crippen LogP contribution in [0.2, 0.25) is 0 Å². The van der Waals surface area contributed by atoms with Gasteiger partial charge in [0, 0.05) is 31.6 Å². The lowest BCUT2D eigenvalue weighted by Crippen LogP contribution is -2.48. The number of hydrogen-bond acceptors (Lipinski definition) is 6. The summed E-state index contributed by atoms with van der Waals surface area (Å²) in [5.41, 5.74) is 4.45. The topological polar surface area (TPSA) is 108 Å². The third-order valence-electron chi connectivity index (χ3n) is 7.16. The Kier molecular flexibility index (Phi) is 8.48. The van der Waals surface area contributed by atoms with Gasteiger partial charge in [-0.15, -0.1) is 0 Å². The number of aromatic nitrogens is 1. The summed E-state index contributed by atoms with van der Waals surface area (Å²) >= 11 is 0. The number of likely N-dealkylation sites (N-methyl/N-ethyl adjacent to an activating group) is 1. The molecule has 0 radical (unpaired) electrons. The number of rotatable bonds is 5. The van der Waals surface area contributed by atoms with Gasteiger partial charge in [0.05, 0.1) is 25.4 Å². The second kappa shape index (κ2) is 11.8. The highest BCUT2D eigenvalue weighted by atomic mass is 16.5. The molecule has 2 heterocycles. The van der Waals surface area contributed by atoms with Crippen LogP contribution in [0.25, 0.3) is 11.1 Å². The molecule has 4 rings (SSSR count).